The highest BCUT2D eigenvalue weighted by molar-refractivity contribution is 7.15. The Balaban J connectivity index is 1.52. The van der Waals surface area contributed by atoms with Crippen molar-refractivity contribution in [2.45, 2.75) is 6.42 Å². The number of fused-ring (bicyclic) bond motifs is 1. The zero-order valence-corrected chi connectivity index (χ0v) is 17.0. The molecule has 2 aromatic carbocycles. The standard InChI is InChI=1S/C21H16ClN3O3S/c1-28-20(27)16-9-14(7-8-17(16)22)23-19(26)10-15-12-29-21-24-18(11-25(15)21)13-5-3-2-4-6-13/h2-9,11-12H,10H2,1H3,(H,23,26). The van der Waals surface area contributed by atoms with Crippen LogP contribution in [0.5, 0.6) is 0 Å². The minimum atomic E-state index is -0.558. The molecule has 0 aliphatic heterocycles. The maximum absolute atomic E-state index is 12.5. The highest BCUT2D eigenvalue weighted by Gasteiger charge is 2.15. The maximum atomic E-state index is 12.5. The number of anilines is 1. The second-order valence-electron chi connectivity index (χ2n) is 6.28. The highest BCUT2D eigenvalue weighted by Crippen LogP contribution is 2.25. The molecule has 0 fully saturated rings. The SMILES string of the molecule is COC(=O)c1cc(NC(=O)Cc2csc3nc(-c4ccccc4)cn23)ccc1Cl. The van der Waals surface area contributed by atoms with Gasteiger partial charge in [0.2, 0.25) is 5.91 Å². The average molecular weight is 426 g/mol. The number of aromatic nitrogens is 2. The molecular weight excluding hydrogens is 410 g/mol. The number of methoxy groups -OCH3 is 1. The number of carbonyl (C=O) groups is 2. The van der Waals surface area contributed by atoms with Crippen LogP contribution in [0.1, 0.15) is 16.1 Å². The number of benzene rings is 2. The zero-order chi connectivity index (χ0) is 20.4. The first-order chi connectivity index (χ1) is 14.0. The van der Waals surface area contributed by atoms with Crippen molar-refractivity contribution in [1.82, 2.24) is 9.38 Å². The summed E-state index contributed by atoms with van der Waals surface area (Å²) in [7, 11) is 1.28. The summed E-state index contributed by atoms with van der Waals surface area (Å²) in [5.74, 6) is -0.768. The van der Waals surface area contributed by atoms with Gasteiger partial charge in [-0.2, -0.15) is 0 Å². The number of imidazole rings is 1. The summed E-state index contributed by atoms with van der Waals surface area (Å²) in [6.45, 7) is 0. The monoisotopic (exact) mass is 425 g/mol. The summed E-state index contributed by atoms with van der Waals surface area (Å²) in [5, 5.41) is 4.98. The van der Waals surface area contributed by atoms with Crippen molar-refractivity contribution in [2.75, 3.05) is 12.4 Å². The van der Waals surface area contributed by atoms with Crippen LogP contribution in [0.15, 0.2) is 60.1 Å². The van der Waals surface area contributed by atoms with E-state index in [1.165, 1.54) is 24.5 Å². The van der Waals surface area contributed by atoms with Crippen molar-refractivity contribution in [3.8, 4) is 11.3 Å². The van der Waals surface area contributed by atoms with E-state index in [1.54, 1.807) is 12.1 Å². The van der Waals surface area contributed by atoms with Crippen LogP contribution in [0, 0.1) is 0 Å². The molecule has 0 radical (unpaired) electrons. The first-order valence-corrected chi connectivity index (χ1v) is 9.99. The number of ether oxygens (including phenoxy) is 1. The summed E-state index contributed by atoms with van der Waals surface area (Å²) < 4.78 is 6.63. The first kappa shape index (κ1) is 19.2. The first-order valence-electron chi connectivity index (χ1n) is 8.74. The van der Waals surface area contributed by atoms with E-state index in [-0.39, 0.29) is 22.9 Å². The molecule has 4 aromatic rings. The molecule has 6 nitrogen and oxygen atoms in total. The van der Waals surface area contributed by atoms with Crippen LogP contribution in [0.4, 0.5) is 5.69 Å². The molecule has 0 aliphatic rings. The fourth-order valence-corrected chi connectivity index (χ4v) is 4.01. The van der Waals surface area contributed by atoms with Crippen LogP contribution in [0.25, 0.3) is 16.2 Å². The lowest BCUT2D eigenvalue weighted by Crippen LogP contribution is -2.16. The van der Waals surface area contributed by atoms with Crippen molar-refractivity contribution in [3.05, 3.63) is 76.4 Å². The van der Waals surface area contributed by atoms with Gasteiger partial charge in [-0.3, -0.25) is 9.20 Å². The fourth-order valence-electron chi connectivity index (χ4n) is 2.94. The normalized spacial score (nSPS) is 10.8. The predicted octanol–water partition coefficient (Wildman–Crippen LogP) is 4.68. The molecule has 0 aliphatic carbocycles. The summed E-state index contributed by atoms with van der Waals surface area (Å²) in [4.78, 5) is 29.8. The lowest BCUT2D eigenvalue weighted by molar-refractivity contribution is -0.115. The van der Waals surface area contributed by atoms with E-state index < -0.39 is 5.97 Å². The number of amides is 1. The number of esters is 1. The third kappa shape index (κ3) is 4.01. The molecule has 0 spiro atoms. The Kier molecular flexibility index (Phi) is 5.33. The minimum absolute atomic E-state index is 0.167. The Morgan fingerprint density at radius 3 is 2.76 bits per heavy atom. The number of carbonyl (C=O) groups excluding carboxylic acids is 2. The van der Waals surface area contributed by atoms with Crippen molar-refractivity contribution in [1.29, 1.82) is 0 Å². The van der Waals surface area contributed by atoms with Crippen LogP contribution in [0.2, 0.25) is 5.02 Å². The molecule has 0 saturated heterocycles. The smallest absolute Gasteiger partial charge is 0.339 e. The Morgan fingerprint density at radius 1 is 1.21 bits per heavy atom. The third-order valence-corrected chi connectivity index (χ3v) is 5.57. The molecule has 1 amide bonds. The number of nitrogens with zero attached hydrogens (tertiary/aromatic N) is 2. The lowest BCUT2D eigenvalue weighted by Gasteiger charge is -2.08. The van der Waals surface area contributed by atoms with Crippen molar-refractivity contribution >= 4 is 45.5 Å². The van der Waals surface area contributed by atoms with Gasteiger partial charge >= 0.3 is 5.97 Å². The van der Waals surface area contributed by atoms with Crippen LogP contribution >= 0.6 is 22.9 Å². The van der Waals surface area contributed by atoms with Gasteiger partial charge in [-0.25, -0.2) is 9.78 Å². The molecule has 0 saturated carbocycles. The average Bonchev–Trinajstić information content (AvgIpc) is 3.31. The van der Waals surface area contributed by atoms with Gasteiger partial charge in [0.1, 0.15) is 0 Å². The van der Waals surface area contributed by atoms with Gasteiger partial charge in [0.15, 0.2) is 4.96 Å². The van der Waals surface area contributed by atoms with Gasteiger partial charge in [0.25, 0.3) is 0 Å². The van der Waals surface area contributed by atoms with Crippen molar-refractivity contribution < 1.29 is 14.3 Å². The summed E-state index contributed by atoms with van der Waals surface area (Å²) >= 11 is 7.50. The van der Waals surface area contributed by atoms with E-state index in [2.05, 4.69) is 10.3 Å². The second-order valence-corrected chi connectivity index (χ2v) is 7.53. The molecule has 0 unspecified atom stereocenters. The van der Waals surface area contributed by atoms with Crippen LogP contribution in [-0.2, 0) is 16.0 Å². The molecule has 0 bridgehead atoms. The Bertz CT molecular complexity index is 1200. The van der Waals surface area contributed by atoms with E-state index in [0.717, 1.165) is 21.9 Å². The van der Waals surface area contributed by atoms with Gasteiger partial charge < -0.3 is 10.1 Å². The van der Waals surface area contributed by atoms with Crippen molar-refractivity contribution in [3.63, 3.8) is 0 Å². The fraction of sp³-hybridized carbons (Fsp3) is 0.0952. The highest BCUT2D eigenvalue weighted by atomic mass is 35.5. The van der Waals surface area contributed by atoms with Gasteiger partial charge in [-0.05, 0) is 18.2 Å². The van der Waals surface area contributed by atoms with Gasteiger partial charge in [0, 0.05) is 28.5 Å². The van der Waals surface area contributed by atoms with E-state index >= 15 is 0 Å². The summed E-state index contributed by atoms with van der Waals surface area (Å²) in [6.07, 6.45) is 2.10. The molecule has 2 heterocycles. The summed E-state index contributed by atoms with van der Waals surface area (Å²) in [5.41, 5.74) is 3.39. The van der Waals surface area contributed by atoms with E-state index in [0.29, 0.717) is 5.69 Å². The molecule has 29 heavy (non-hydrogen) atoms. The van der Waals surface area contributed by atoms with E-state index in [4.69, 9.17) is 16.3 Å². The van der Waals surface area contributed by atoms with E-state index in [9.17, 15) is 9.59 Å². The molecule has 1 N–H and O–H groups in total. The molecule has 146 valence electrons. The largest absolute Gasteiger partial charge is 0.465 e. The van der Waals surface area contributed by atoms with E-state index in [1.807, 2.05) is 46.3 Å². The van der Waals surface area contributed by atoms with Crippen LogP contribution < -0.4 is 5.32 Å². The quantitative estimate of drug-likeness (QED) is 0.471. The number of halogens is 1. The lowest BCUT2D eigenvalue weighted by atomic mass is 10.2. The maximum Gasteiger partial charge on any atom is 0.339 e. The molecule has 4 rings (SSSR count). The number of hydrogen-bond donors (Lipinski definition) is 1. The molecule has 0 atom stereocenters. The van der Waals surface area contributed by atoms with Crippen LogP contribution in [-0.4, -0.2) is 28.4 Å². The number of hydrogen-bond acceptors (Lipinski definition) is 5. The molecular formula is C21H16ClN3O3S. The topological polar surface area (TPSA) is 72.7 Å². The molecule has 8 heteroatoms. The predicted molar refractivity (Wildman–Crippen MR) is 114 cm³/mol. The second kappa shape index (κ2) is 8.06. The van der Waals surface area contributed by atoms with Gasteiger partial charge in [-0.15, -0.1) is 11.3 Å². The third-order valence-electron chi connectivity index (χ3n) is 4.35. The zero-order valence-electron chi connectivity index (χ0n) is 15.4. The van der Waals surface area contributed by atoms with Gasteiger partial charge in [-0.1, -0.05) is 41.9 Å². The number of rotatable bonds is 5. The van der Waals surface area contributed by atoms with Crippen molar-refractivity contribution in [2.24, 2.45) is 0 Å². The van der Waals surface area contributed by atoms with Crippen LogP contribution in [0.3, 0.4) is 0 Å². The summed E-state index contributed by atoms with van der Waals surface area (Å²) in [6, 6.07) is 14.6. The Hall–Kier alpha value is -3.16. The van der Waals surface area contributed by atoms with Gasteiger partial charge in [0.05, 0.1) is 29.8 Å². The minimum Gasteiger partial charge on any atom is -0.465 e. The number of thiazole rings is 1. The molecule has 2 aromatic heterocycles. The number of nitrogens with one attached hydrogen (secondary N) is 1. The Labute approximate surface area is 175 Å². The Morgan fingerprint density at radius 2 is 2.00 bits per heavy atom.